The molecule has 0 radical (unpaired) electrons. The molecule has 0 heterocycles. The maximum Gasteiger partial charge on any atom is 0.338 e. The minimum absolute atomic E-state index is 0.0668. The van der Waals surface area contributed by atoms with Crippen LogP contribution in [0, 0.1) is 10.1 Å². The van der Waals surface area contributed by atoms with Crippen molar-refractivity contribution in [1.29, 1.82) is 0 Å². The fourth-order valence-electron chi connectivity index (χ4n) is 2.92. The lowest BCUT2D eigenvalue weighted by atomic mass is 10.1. The van der Waals surface area contributed by atoms with Gasteiger partial charge in [0.25, 0.3) is 11.6 Å². The van der Waals surface area contributed by atoms with Crippen molar-refractivity contribution in [2.24, 2.45) is 0 Å². The van der Waals surface area contributed by atoms with Crippen molar-refractivity contribution >= 4 is 34.9 Å². The highest BCUT2D eigenvalue weighted by Gasteiger charge is 2.20. The predicted octanol–water partition coefficient (Wildman–Crippen LogP) is 3.41. The smallest absolute Gasteiger partial charge is 0.338 e. The molecular weight excluding hydrogens is 418 g/mol. The Balaban J connectivity index is 2.03. The molecule has 2 rings (SSSR count). The number of anilines is 2. The van der Waals surface area contributed by atoms with E-state index < -0.39 is 35.1 Å². The number of nitro benzene ring substituents is 1. The maximum atomic E-state index is 12.3. The second kappa shape index (κ2) is 11.4. The quantitative estimate of drug-likeness (QED) is 0.336. The highest BCUT2D eigenvalue weighted by molar-refractivity contribution is 5.98. The summed E-state index contributed by atoms with van der Waals surface area (Å²) in [7, 11) is 0. The molecule has 0 bridgehead atoms. The number of carbonyl (C=O) groups is 3. The van der Waals surface area contributed by atoms with Gasteiger partial charge in [-0.2, -0.15) is 0 Å². The second-order valence-electron chi connectivity index (χ2n) is 6.59. The third kappa shape index (κ3) is 6.53. The lowest BCUT2D eigenvalue weighted by Gasteiger charge is -2.21. The molecule has 0 fully saturated rings. The molecule has 2 aromatic carbocycles. The van der Waals surface area contributed by atoms with Crippen LogP contribution in [-0.2, 0) is 14.3 Å². The Morgan fingerprint density at radius 3 is 2.00 bits per heavy atom. The monoisotopic (exact) mass is 443 g/mol. The summed E-state index contributed by atoms with van der Waals surface area (Å²) in [6, 6.07) is 10.3. The van der Waals surface area contributed by atoms with Crippen LogP contribution in [0.4, 0.5) is 17.1 Å². The van der Waals surface area contributed by atoms with E-state index in [0.717, 1.165) is 37.0 Å². The zero-order valence-electron chi connectivity index (χ0n) is 18.1. The van der Waals surface area contributed by atoms with Gasteiger partial charge in [0, 0.05) is 36.6 Å². The van der Waals surface area contributed by atoms with Crippen LogP contribution in [0.5, 0.6) is 0 Å². The number of nitro groups is 1. The number of amides is 1. The Morgan fingerprint density at radius 2 is 1.50 bits per heavy atom. The first kappa shape index (κ1) is 24.3. The van der Waals surface area contributed by atoms with E-state index in [-0.39, 0.29) is 17.7 Å². The molecule has 0 unspecified atom stereocenters. The summed E-state index contributed by atoms with van der Waals surface area (Å²) in [6.45, 7) is 6.85. The summed E-state index contributed by atoms with van der Waals surface area (Å²) in [5.74, 6) is -2.37. The van der Waals surface area contributed by atoms with Crippen molar-refractivity contribution in [3.8, 4) is 0 Å². The zero-order chi connectivity index (χ0) is 23.7. The van der Waals surface area contributed by atoms with E-state index in [4.69, 9.17) is 9.47 Å². The van der Waals surface area contributed by atoms with E-state index in [1.165, 1.54) is 0 Å². The summed E-state index contributed by atoms with van der Waals surface area (Å²) in [5.41, 5.74) is 0.675. The van der Waals surface area contributed by atoms with Gasteiger partial charge in [-0.1, -0.05) is 0 Å². The number of nitrogens with zero attached hydrogens (tertiary/aromatic N) is 2. The molecule has 170 valence electrons. The molecule has 1 N–H and O–H groups in total. The molecule has 0 aliphatic rings. The average Bonchev–Trinajstić information content (AvgIpc) is 2.79. The average molecular weight is 443 g/mol. The number of hydrogen-bond donors (Lipinski definition) is 1. The van der Waals surface area contributed by atoms with Gasteiger partial charge in [-0.05, 0) is 51.1 Å². The van der Waals surface area contributed by atoms with E-state index in [1.807, 2.05) is 26.0 Å². The molecule has 1 amide bonds. The number of esters is 2. The highest BCUT2D eigenvalue weighted by atomic mass is 16.6. The molecule has 10 nitrogen and oxygen atoms in total. The van der Waals surface area contributed by atoms with Gasteiger partial charge in [0.15, 0.2) is 6.61 Å². The molecule has 0 saturated heterocycles. The minimum atomic E-state index is -0.980. The van der Waals surface area contributed by atoms with Crippen LogP contribution in [0.3, 0.4) is 0 Å². The molecule has 0 saturated carbocycles. The number of hydrogen-bond acceptors (Lipinski definition) is 8. The summed E-state index contributed by atoms with van der Waals surface area (Å²) in [6.07, 6.45) is 0. The van der Waals surface area contributed by atoms with Crippen LogP contribution in [0.1, 0.15) is 41.5 Å². The fraction of sp³-hybridized carbons (Fsp3) is 0.318. The standard InChI is InChI=1S/C22H25N3O7/c1-4-24(5-2)18-9-7-17(8-10-18)23-20(26)14-32-22(28)16-11-15(21(27)31-6-3)12-19(13-16)25(29)30/h7-13H,4-6,14H2,1-3H3,(H,23,26). The van der Waals surface area contributed by atoms with Crippen molar-refractivity contribution in [2.75, 3.05) is 36.5 Å². The SMILES string of the molecule is CCOC(=O)c1cc(C(=O)OCC(=O)Nc2ccc(N(CC)CC)cc2)cc([N+](=O)[O-])c1. The molecule has 10 heteroatoms. The van der Waals surface area contributed by atoms with Gasteiger partial charge >= 0.3 is 11.9 Å². The van der Waals surface area contributed by atoms with Crippen molar-refractivity contribution in [3.05, 3.63) is 63.7 Å². The predicted molar refractivity (Wildman–Crippen MR) is 118 cm³/mol. The Hall–Kier alpha value is -3.95. The second-order valence-corrected chi connectivity index (χ2v) is 6.59. The van der Waals surface area contributed by atoms with Gasteiger partial charge in [0.1, 0.15) is 0 Å². The van der Waals surface area contributed by atoms with Crippen LogP contribution in [-0.4, -0.2) is 49.1 Å². The normalized spacial score (nSPS) is 10.2. The number of benzene rings is 2. The van der Waals surface area contributed by atoms with E-state index in [1.54, 1.807) is 19.1 Å². The summed E-state index contributed by atoms with van der Waals surface area (Å²) in [5, 5.41) is 13.7. The van der Waals surface area contributed by atoms with Gasteiger partial charge in [-0.3, -0.25) is 14.9 Å². The van der Waals surface area contributed by atoms with Crippen molar-refractivity contribution in [1.82, 2.24) is 0 Å². The zero-order valence-corrected chi connectivity index (χ0v) is 18.1. The summed E-state index contributed by atoms with van der Waals surface area (Å²) in [4.78, 5) is 48.9. The largest absolute Gasteiger partial charge is 0.462 e. The minimum Gasteiger partial charge on any atom is -0.462 e. The van der Waals surface area contributed by atoms with Crippen LogP contribution >= 0.6 is 0 Å². The number of rotatable bonds is 10. The van der Waals surface area contributed by atoms with Crippen LogP contribution in [0.15, 0.2) is 42.5 Å². The van der Waals surface area contributed by atoms with Crippen LogP contribution in [0.2, 0.25) is 0 Å². The molecule has 2 aromatic rings. The van der Waals surface area contributed by atoms with Crippen LogP contribution in [0.25, 0.3) is 0 Å². The van der Waals surface area contributed by atoms with Crippen molar-refractivity contribution < 1.29 is 28.8 Å². The van der Waals surface area contributed by atoms with Crippen molar-refractivity contribution in [2.45, 2.75) is 20.8 Å². The lowest BCUT2D eigenvalue weighted by Crippen LogP contribution is -2.22. The number of carbonyl (C=O) groups excluding carboxylic acids is 3. The van der Waals surface area contributed by atoms with Gasteiger partial charge in [-0.15, -0.1) is 0 Å². The molecule has 0 aromatic heterocycles. The topological polar surface area (TPSA) is 128 Å². The highest BCUT2D eigenvalue weighted by Crippen LogP contribution is 2.20. The molecule has 0 aliphatic carbocycles. The van der Waals surface area contributed by atoms with E-state index in [0.29, 0.717) is 5.69 Å². The van der Waals surface area contributed by atoms with Gasteiger partial charge in [0.2, 0.25) is 0 Å². The van der Waals surface area contributed by atoms with E-state index in [2.05, 4.69) is 10.2 Å². The summed E-state index contributed by atoms with van der Waals surface area (Å²) >= 11 is 0. The van der Waals surface area contributed by atoms with E-state index in [9.17, 15) is 24.5 Å². The Labute approximate surface area is 185 Å². The number of nitrogens with one attached hydrogen (secondary N) is 1. The summed E-state index contributed by atoms with van der Waals surface area (Å²) < 4.78 is 9.77. The first-order valence-corrected chi connectivity index (χ1v) is 10.1. The molecule has 32 heavy (non-hydrogen) atoms. The maximum absolute atomic E-state index is 12.3. The van der Waals surface area contributed by atoms with Crippen molar-refractivity contribution in [3.63, 3.8) is 0 Å². The first-order valence-electron chi connectivity index (χ1n) is 10.1. The molecule has 0 aliphatic heterocycles. The van der Waals surface area contributed by atoms with Gasteiger partial charge in [0.05, 0.1) is 22.7 Å². The Morgan fingerprint density at radius 1 is 0.938 bits per heavy atom. The first-order chi connectivity index (χ1) is 15.3. The van der Waals surface area contributed by atoms with E-state index >= 15 is 0 Å². The van der Waals surface area contributed by atoms with Gasteiger partial charge < -0.3 is 19.7 Å². The third-order valence-corrected chi connectivity index (χ3v) is 4.49. The van der Waals surface area contributed by atoms with Gasteiger partial charge in [-0.25, -0.2) is 9.59 Å². The number of non-ortho nitro benzene ring substituents is 1. The lowest BCUT2D eigenvalue weighted by molar-refractivity contribution is -0.384. The van der Waals surface area contributed by atoms with Crippen LogP contribution < -0.4 is 10.2 Å². The molecule has 0 atom stereocenters. The number of ether oxygens (including phenoxy) is 2. The Bertz CT molecular complexity index is 986. The fourth-order valence-corrected chi connectivity index (χ4v) is 2.92. The third-order valence-electron chi connectivity index (χ3n) is 4.49. The Kier molecular flexibility index (Phi) is 8.70. The molecule has 0 spiro atoms. The molecular formula is C22H25N3O7.